The van der Waals surface area contributed by atoms with Gasteiger partial charge in [-0.05, 0) is 55.0 Å². The zero-order valence-electron chi connectivity index (χ0n) is 12.3. The summed E-state index contributed by atoms with van der Waals surface area (Å²) in [5.41, 5.74) is 1.81. The lowest BCUT2D eigenvalue weighted by molar-refractivity contribution is 0.570. The molecule has 23 heavy (non-hydrogen) atoms. The van der Waals surface area contributed by atoms with Crippen LogP contribution in [0.25, 0.3) is 5.69 Å². The van der Waals surface area contributed by atoms with Gasteiger partial charge in [-0.15, -0.1) is 0 Å². The van der Waals surface area contributed by atoms with E-state index in [0.717, 1.165) is 11.8 Å². The third-order valence-electron chi connectivity index (χ3n) is 3.26. The molecule has 0 radical (unpaired) electrons. The van der Waals surface area contributed by atoms with Crippen LogP contribution in [-0.2, 0) is 10.0 Å². The van der Waals surface area contributed by atoms with Crippen molar-refractivity contribution in [3.63, 3.8) is 0 Å². The lowest BCUT2D eigenvalue weighted by Crippen LogP contribution is -2.14. The van der Waals surface area contributed by atoms with E-state index >= 15 is 0 Å². The summed E-state index contributed by atoms with van der Waals surface area (Å²) >= 11 is 0. The molecule has 1 N–H and O–H groups in total. The van der Waals surface area contributed by atoms with Crippen LogP contribution in [0.1, 0.15) is 5.56 Å². The Balaban J connectivity index is 1.87. The Hall–Kier alpha value is -2.67. The fourth-order valence-electron chi connectivity index (χ4n) is 2.13. The number of aromatic nitrogens is 2. The van der Waals surface area contributed by atoms with Crippen molar-refractivity contribution in [2.24, 2.45) is 0 Å². The summed E-state index contributed by atoms with van der Waals surface area (Å²) in [6.07, 6.45) is 3.43. The first-order valence-corrected chi connectivity index (χ1v) is 8.33. The summed E-state index contributed by atoms with van der Waals surface area (Å²) in [4.78, 5) is -0.367. The van der Waals surface area contributed by atoms with Gasteiger partial charge in [-0.1, -0.05) is 6.07 Å². The van der Waals surface area contributed by atoms with E-state index < -0.39 is 15.8 Å². The van der Waals surface area contributed by atoms with Gasteiger partial charge in [-0.3, -0.25) is 4.72 Å². The molecule has 0 saturated carbocycles. The molecule has 7 heteroatoms. The molecule has 118 valence electrons. The molecule has 0 bridgehead atoms. The Bertz CT molecular complexity index is 920. The van der Waals surface area contributed by atoms with Crippen molar-refractivity contribution in [2.45, 2.75) is 11.8 Å². The molecule has 3 rings (SSSR count). The van der Waals surface area contributed by atoms with Gasteiger partial charge in [-0.25, -0.2) is 17.5 Å². The van der Waals surface area contributed by atoms with E-state index in [4.69, 9.17) is 0 Å². The molecule has 0 aliphatic carbocycles. The number of aryl methyl sites for hydroxylation is 1. The molecule has 0 spiro atoms. The van der Waals surface area contributed by atoms with Gasteiger partial charge in [0.05, 0.1) is 5.69 Å². The van der Waals surface area contributed by atoms with Crippen LogP contribution < -0.4 is 4.72 Å². The number of sulfonamides is 1. The molecule has 0 unspecified atom stereocenters. The zero-order chi connectivity index (χ0) is 16.4. The first-order valence-electron chi connectivity index (χ1n) is 6.85. The van der Waals surface area contributed by atoms with E-state index in [1.54, 1.807) is 54.3 Å². The Morgan fingerprint density at radius 1 is 1.13 bits per heavy atom. The van der Waals surface area contributed by atoms with E-state index in [1.807, 2.05) is 0 Å². The number of halogens is 1. The van der Waals surface area contributed by atoms with E-state index in [-0.39, 0.29) is 4.90 Å². The number of nitrogens with one attached hydrogen (secondary N) is 1. The SMILES string of the molecule is Cc1ccc(F)c(S(=O)(=O)Nc2ccc(-n3cccn3)cc2)c1. The largest absolute Gasteiger partial charge is 0.280 e. The fourth-order valence-corrected chi connectivity index (χ4v) is 3.35. The molecule has 1 aromatic heterocycles. The summed E-state index contributed by atoms with van der Waals surface area (Å²) < 4.78 is 42.5. The van der Waals surface area contributed by atoms with Crippen LogP contribution >= 0.6 is 0 Å². The van der Waals surface area contributed by atoms with Gasteiger partial charge >= 0.3 is 0 Å². The van der Waals surface area contributed by atoms with Gasteiger partial charge in [0.25, 0.3) is 10.0 Å². The van der Waals surface area contributed by atoms with Gasteiger partial charge < -0.3 is 0 Å². The molecule has 1 heterocycles. The minimum atomic E-state index is -3.98. The normalized spacial score (nSPS) is 11.4. The average molecular weight is 331 g/mol. The van der Waals surface area contributed by atoms with Crippen LogP contribution in [0, 0.1) is 12.7 Å². The van der Waals surface area contributed by atoms with Crippen molar-refractivity contribution in [1.82, 2.24) is 9.78 Å². The number of nitrogens with zero attached hydrogens (tertiary/aromatic N) is 2. The highest BCUT2D eigenvalue weighted by Crippen LogP contribution is 2.21. The van der Waals surface area contributed by atoms with E-state index in [9.17, 15) is 12.8 Å². The van der Waals surface area contributed by atoms with Crippen LogP contribution in [0.5, 0.6) is 0 Å². The second kappa shape index (κ2) is 5.85. The Morgan fingerprint density at radius 2 is 1.87 bits per heavy atom. The van der Waals surface area contributed by atoms with E-state index in [2.05, 4.69) is 9.82 Å². The maximum atomic E-state index is 13.8. The number of hydrogen-bond acceptors (Lipinski definition) is 3. The molecular weight excluding hydrogens is 317 g/mol. The smallest absolute Gasteiger partial charge is 0.264 e. The number of benzene rings is 2. The van der Waals surface area contributed by atoms with Crippen LogP contribution in [0.15, 0.2) is 65.8 Å². The first-order chi connectivity index (χ1) is 11.0. The summed E-state index contributed by atoms with van der Waals surface area (Å²) in [5.74, 6) is -0.781. The molecular formula is C16H14FN3O2S. The summed E-state index contributed by atoms with van der Waals surface area (Å²) in [6.45, 7) is 1.71. The minimum absolute atomic E-state index is 0.349. The van der Waals surface area contributed by atoms with Crippen molar-refractivity contribution in [2.75, 3.05) is 4.72 Å². The van der Waals surface area contributed by atoms with Gasteiger partial charge in [0.15, 0.2) is 0 Å². The molecule has 0 amide bonds. The minimum Gasteiger partial charge on any atom is -0.280 e. The number of hydrogen-bond donors (Lipinski definition) is 1. The predicted molar refractivity (Wildman–Crippen MR) is 85.5 cm³/mol. The highest BCUT2D eigenvalue weighted by Gasteiger charge is 2.19. The van der Waals surface area contributed by atoms with Crippen molar-refractivity contribution in [3.8, 4) is 5.69 Å². The molecule has 3 aromatic rings. The Labute approximate surface area is 133 Å². The fraction of sp³-hybridized carbons (Fsp3) is 0.0625. The highest BCUT2D eigenvalue weighted by molar-refractivity contribution is 7.92. The quantitative estimate of drug-likeness (QED) is 0.799. The monoisotopic (exact) mass is 331 g/mol. The standard InChI is InChI=1S/C16H14FN3O2S/c1-12-3-8-15(17)16(11-12)23(21,22)19-13-4-6-14(7-5-13)20-10-2-9-18-20/h2-11,19H,1H3. The van der Waals surface area contributed by atoms with Gasteiger partial charge in [0.1, 0.15) is 10.7 Å². The molecule has 0 atom stereocenters. The zero-order valence-corrected chi connectivity index (χ0v) is 13.1. The topological polar surface area (TPSA) is 64.0 Å². The van der Waals surface area contributed by atoms with Crippen LogP contribution in [0.3, 0.4) is 0 Å². The maximum absolute atomic E-state index is 13.8. The van der Waals surface area contributed by atoms with Crippen LogP contribution in [-0.4, -0.2) is 18.2 Å². The van der Waals surface area contributed by atoms with E-state index in [1.165, 1.54) is 12.1 Å². The van der Waals surface area contributed by atoms with Crippen LogP contribution in [0.4, 0.5) is 10.1 Å². The van der Waals surface area contributed by atoms with Crippen molar-refractivity contribution in [1.29, 1.82) is 0 Å². The molecule has 2 aromatic carbocycles. The predicted octanol–water partition coefficient (Wildman–Crippen LogP) is 3.12. The van der Waals surface area contributed by atoms with Crippen molar-refractivity contribution >= 4 is 15.7 Å². The van der Waals surface area contributed by atoms with Gasteiger partial charge in [0, 0.05) is 18.1 Å². The first kappa shape index (κ1) is 15.2. The molecule has 0 aliphatic rings. The number of rotatable bonds is 4. The molecule has 0 fully saturated rings. The van der Waals surface area contributed by atoms with Crippen LogP contribution in [0.2, 0.25) is 0 Å². The average Bonchev–Trinajstić information content (AvgIpc) is 3.04. The second-order valence-electron chi connectivity index (χ2n) is 5.04. The van der Waals surface area contributed by atoms with E-state index in [0.29, 0.717) is 11.3 Å². The van der Waals surface area contributed by atoms with Crippen molar-refractivity contribution in [3.05, 3.63) is 72.3 Å². The molecule has 5 nitrogen and oxygen atoms in total. The lowest BCUT2D eigenvalue weighted by atomic mass is 10.2. The highest BCUT2D eigenvalue weighted by atomic mass is 32.2. The molecule has 0 saturated heterocycles. The second-order valence-corrected chi connectivity index (χ2v) is 6.69. The van der Waals surface area contributed by atoms with Gasteiger partial charge in [-0.2, -0.15) is 5.10 Å². The van der Waals surface area contributed by atoms with Crippen molar-refractivity contribution < 1.29 is 12.8 Å². The number of anilines is 1. The Kier molecular flexibility index (Phi) is 3.87. The third kappa shape index (κ3) is 3.24. The lowest BCUT2D eigenvalue weighted by Gasteiger charge is -2.10. The summed E-state index contributed by atoms with van der Waals surface area (Å²) in [6, 6.07) is 12.4. The Morgan fingerprint density at radius 3 is 2.52 bits per heavy atom. The molecule has 0 aliphatic heterocycles. The summed E-state index contributed by atoms with van der Waals surface area (Å²) in [7, 11) is -3.98. The summed E-state index contributed by atoms with van der Waals surface area (Å²) in [5, 5.41) is 4.09. The van der Waals surface area contributed by atoms with Gasteiger partial charge in [0.2, 0.25) is 0 Å². The third-order valence-corrected chi connectivity index (χ3v) is 4.66. The maximum Gasteiger partial charge on any atom is 0.264 e.